The highest BCUT2D eigenvalue weighted by Gasteiger charge is 2.22. The minimum atomic E-state index is -1.08. The predicted molar refractivity (Wildman–Crippen MR) is 81.2 cm³/mol. The fourth-order valence-electron chi connectivity index (χ4n) is 1.90. The van der Waals surface area contributed by atoms with Crippen LogP contribution in [0.25, 0.3) is 0 Å². The van der Waals surface area contributed by atoms with Gasteiger partial charge in [-0.1, -0.05) is 35.9 Å². The van der Waals surface area contributed by atoms with E-state index in [9.17, 15) is 14.7 Å². The zero-order valence-corrected chi connectivity index (χ0v) is 12.3. The summed E-state index contributed by atoms with van der Waals surface area (Å²) in [4.78, 5) is 23.6. The van der Waals surface area contributed by atoms with Gasteiger partial charge in [-0.05, 0) is 23.9 Å². The summed E-state index contributed by atoms with van der Waals surface area (Å²) in [6.07, 6.45) is 0. The summed E-state index contributed by atoms with van der Waals surface area (Å²) in [5.41, 5.74) is 2.07. The lowest BCUT2D eigenvalue weighted by atomic mass is 10.1. The third-order valence-electron chi connectivity index (χ3n) is 2.89. The molecule has 6 heteroatoms. The third kappa shape index (κ3) is 4.32. The monoisotopic (exact) mass is 304 g/mol. The molecule has 1 heterocycles. The molecule has 2 amide bonds. The highest BCUT2D eigenvalue weighted by atomic mass is 32.1. The highest BCUT2D eigenvalue weighted by Crippen LogP contribution is 2.19. The van der Waals surface area contributed by atoms with Gasteiger partial charge in [0.1, 0.15) is 0 Å². The number of hydrogen-bond acceptors (Lipinski definition) is 3. The molecule has 0 saturated heterocycles. The quantitative estimate of drug-likeness (QED) is 0.794. The topological polar surface area (TPSA) is 78.4 Å². The van der Waals surface area contributed by atoms with E-state index in [4.69, 9.17) is 0 Å². The molecule has 1 aromatic carbocycles. The van der Waals surface area contributed by atoms with Crippen molar-refractivity contribution >= 4 is 23.3 Å². The van der Waals surface area contributed by atoms with Gasteiger partial charge in [-0.25, -0.2) is 9.59 Å². The fourth-order valence-corrected chi connectivity index (χ4v) is 2.66. The second kappa shape index (κ2) is 6.90. The standard InChI is InChI=1S/C15H16N2O3S/c1-10-4-2-5-11(8-10)9-16-15(20)17-13(14(18)19)12-6-3-7-21-12/h2-8,13H,9H2,1H3,(H,18,19)(H2,16,17,20). The van der Waals surface area contributed by atoms with E-state index in [1.54, 1.807) is 17.5 Å². The molecule has 5 nitrogen and oxygen atoms in total. The van der Waals surface area contributed by atoms with Crippen molar-refractivity contribution in [1.29, 1.82) is 0 Å². The number of hydrogen-bond donors (Lipinski definition) is 3. The van der Waals surface area contributed by atoms with Gasteiger partial charge in [-0.3, -0.25) is 0 Å². The van der Waals surface area contributed by atoms with Crippen LogP contribution >= 0.6 is 11.3 Å². The molecular weight excluding hydrogens is 288 g/mol. The number of nitrogens with one attached hydrogen (secondary N) is 2. The van der Waals surface area contributed by atoms with Crippen molar-refractivity contribution in [3.05, 3.63) is 57.8 Å². The van der Waals surface area contributed by atoms with E-state index < -0.39 is 18.0 Å². The van der Waals surface area contributed by atoms with E-state index >= 15 is 0 Å². The summed E-state index contributed by atoms with van der Waals surface area (Å²) < 4.78 is 0. The van der Waals surface area contributed by atoms with Crippen molar-refractivity contribution in [1.82, 2.24) is 10.6 Å². The summed E-state index contributed by atoms with van der Waals surface area (Å²) in [5, 5.41) is 16.1. The molecule has 0 aliphatic carbocycles. The Bertz CT molecular complexity index is 626. The molecule has 1 aromatic heterocycles. The lowest BCUT2D eigenvalue weighted by Crippen LogP contribution is -2.40. The normalized spacial score (nSPS) is 11.7. The summed E-state index contributed by atoms with van der Waals surface area (Å²) in [5.74, 6) is -1.08. The number of benzene rings is 1. The average Bonchev–Trinajstić information content (AvgIpc) is 2.96. The molecule has 2 aromatic rings. The Labute approximate surface area is 126 Å². The van der Waals surface area contributed by atoms with E-state index in [0.29, 0.717) is 11.4 Å². The van der Waals surface area contributed by atoms with E-state index in [2.05, 4.69) is 10.6 Å². The minimum absolute atomic E-state index is 0.351. The molecule has 0 aliphatic rings. The second-order valence-electron chi connectivity index (χ2n) is 4.60. The molecule has 1 unspecified atom stereocenters. The molecule has 110 valence electrons. The number of amides is 2. The first-order valence-corrected chi connectivity index (χ1v) is 7.30. The number of rotatable bonds is 5. The fraction of sp³-hybridized carbons (Fsp3) is 0.200. The summed E-state index contributed by atoms with van der Waals surface area (Å²) in [6.45, 7) is 2.32. The zero-order chi connectivity index (χ0) is 15.2. The average molecular weight is 304 g/mol. The van der Waals surface area contributed by atoms with Gasteiger partial charge in [0.15, 0.2) is 6.04 Å². The van der Waals surface area contributed by atoms with Gasteiger partial charge in [-0.15, -0.1) is 11.3 Å². The summed E-state index contributed by atoms with van der Waals surface area (Å²) >= 11 is 1.29. The van der Waals surface area contributed by atoms with Crippen LogP contribution in [-0.4, -0.2) is 17.1 Å². The number of aryl methyl sites for hydroxylation is 1. The molecule has 3 N–H and O–H groups in total. The first-order valence-electron chi connectivity index (χ1n) is 6.42. The number of carboxylic acid groups (broad SMARTS) is 1. The van der Waals surface area contributed by atoms with Crippen molar-refractivity contribution in [2.75, 3.05) is 0 Å². The Morgan fingerprint density at radius 2 is 2.10 bits per heavy atom. The van der Waals surface area contributed by atoms with Crippen LogP contribution in [0.4, 0.5) is 4.79 Å². The molecule has 1 atom stereocenters. The first-order chi connectivity index (χ1) is 10.1. The van der Waals surface area contributed by atoms with E-state index in [1.165, 1.54) is 11.3 Å². The van der Waals surface area contributed by atoms with Crippen LogP contribution in [0.1, 0.15) is 22.0 Å². The van der Waals surface area contributed by atoms with Crippen LogP contribution in [0.5, 0.6) is 0 Å². The third-order valence-corrected chi connectivity index (χ3v) is 3.82. The van der Waals surface area contributed by atoms with Crippen molar-refractivity contribution in [3.63, 3.8) is 0 Å². The van der Waals surface area contributed by atoms with Crippen LogP contribution in [0.3, 0.4) is 0 Å². The van der Waals surface area contributed by atoms with Gasteiger partial charge in [0, 0.05) is 11.4 Å². The number of urea groups is 1. The number of carbonyl (C=O) groups excluding carboxylic acids is 1. The van der Waals surface area contributed by atoms with Crippen molar-refractivity contribution in [2.24, 2.45) is 0 Å². The van der Waals surface area contributed by atoms with Crippen LogP contribution < -0.4 is 10.6 Å². The van der Waals surface area contributed by atoms with Gasteiger partial charge in [0.25, 0.3) is 0 Å². The van der Waals surface area contributed by atoms with E-state index in [-0.39, 0.29) is 0 Å². The maximum atomic E-state index is 11.8. The zero-order valence-electron chi connectivity index (χ0n) is 11.5. The highest BCUT2D eigenvalue weighted by molar-refractivity contribution is 7.10. The number of carboxylic acids is 1. The molecule has 0 saturated carbocycles. The van der Waals surface area contributed by atoms with Crippen molar-refractivity contribution in [2.45, 2.75) is 19.5 Å². The summed E-state index contributed by atoms with van der Waals surface area (Å²) in [6, 6.07) is 9.67. The van der Waals surface area contributed by atoms with Crippen molar-refractivity contribution < 1.29 is 14.7 Å². The molecule has 0 spiro atoms. The van der Waals surface area contributed by atoms with Crippen LogP contribution in [0.15, 0.2) is 41.8 Å². The second-order valence-corrected chi connectivity index (χ2v) is 5.58. The number of aliphatic carboxylic acids is 1. The Hall–Kier alpha value is -2.34. The molecule has 0 aliphatic heterocycles. The summed E-state index contributed by atoms with van der Waals surface area (Å²) in [7, 11) is 0. The largest absolute Gasteiger partial charge is 0.479 e. The minimum Gasteiger partial charge on any atom is -0.479 e. The SMILES string of the molecule is Cc1cccc(CNC(=O)NC(C(=O)O)c2cccs2)c1. The van der Waals surface area contributed by atoms with Crippen LogP contribution in [0.2, 0.25) is 0 Å². The van der Waals surface area contributed by atoms with Gasteiger partial charge < -0.3 is 15.7 Å². The molecule has 21 heavy (non-hydrogen) atoms. The predicted octanol–water partition coefficient (Wildman–Crippen LogP) is 2.68. The smallest absolute Gasteiger partial charge is 0.331 e. The maximum Gasteiger partial charge on any atom is 0.331 e. The maximum absolute atomic E-state index is 11.8. The number of thiophene rings is 1. The number of carbonyl (C=O) groups is 2. The molecule has 0 bridgehead atoms. The first kappa shape index (κ1) is 15.1. The van der Waals surface area contributed by atoms with Crippen molar-refractivity contribution in [3.8, 4) is 0 Å². The molecule has 2 rings (SSSR count). The molecule has 0 fully saturated rings. The Morgan fingerprint density at radius 1 is 1.29 bits per heavy atom. The Balaban J connectivity index is 1.92. The Kier molecular flexibility index (Phi) is 4.94. The molecule has 0 radical (unpaired) electrons. The van der Waals surface area contributed by atoms with Crippen LogP contribution in [-0.2, 0) is 11.3 Å². The molecular formula is C15H16N2O3S. The lowest BCUT2D eigenvalue weighted by molar-refractivity contribution is -0.139. The lowest BCUT2D eigenvalue weighted by Gasteiger charge is -2.14. The van der Waals surface area contributed by atoms with Gasteiger partial charge in [0.05, 0.1) is 0 Å². The van der Waals surface area contributed by atoms with Gasteiger partial charge in [0.2, 0.25) is 0 Å². The van der Waals surface area contributed by atoms with Gasteiger partial charge >= 0.3 is 12.0 Å². The van der Waals surface area contributed by atoms with Crippen LogP contribution in [0, 0.1) is 6.92 Å². The van der Waals surface area contributed by atoms with E-state index in [0.717, 1.165) is 11.1 Å². The van der Waals surface area contributed by atoms with E-state index in [1.807, 2.05) is 31.2 Å². The van der Waals surface area contributed by atoms with Gasteiger partial charge in [-0.2, -0.15) is 0 Å². The Morgan fingerprint density at radius 3 is 2.71 bits per heavy atom.